The monoisotopic (exact) mass is 413 g/mol. The fraction of sp³-hybridized carbons (Fsp3) is 0.269. The second-order valence-corrected chi connectivity index (χ2v) is 8.92. The minimum atomic E-state index is -0.918. The van der Waals surface area contributed by atoms with Crippen molar-refractivity contribution in [1.29, 1.82) is 0 Å². The Labute approximate surface area is 183 Å². The van der Waals surface area contributed by atoms with Crippen molar-refractivity contribution in [2.45, 2.75) is 5.60 Å². The van der Waals surface area contributed by atoms with Crippen molar-refractivity contribution in [3.05, 3.63) is 76.9 Å². The summed E-state index contributed by atoms with van der Waals surface area (Å²) in [6, 6.07) is 18.8. The van der Waals surface area contributed by atoms with E-state index in [0.29, 0.717) is 5.56 Å². The molecule has 1 heterocycles. The number of carbonyl (C=O) groups excluding carboxylic acids is 1. The van der Waals surface area contributed by atoms with Crippen LogP contribution in [0, 0.1) is 0 Å². The Hall–Kier alpha value is -3.47. The van der Waals surface area contributed by atoms with Crippen LogP contribution in [0.15, 0.2) is 54.6 Å². The summed E-state index contributed by atoms with van der Waals surface area (Å²) in [5.41, 5.74) is 8.07. The van der Waals surface area contributed by atoms with Gasteiger partial charge in [-0.05, 0) is 35.4 Å². The summed E-state index contributed by atoms with van der Waals surface area (Å²) in [4.78, 5) is 19.4. The van der Waals surface area contributed by atoms with Gasteiger partial charge in [-0.2, -0.15) is 0 Å². The molecule has 1 unspecified atom stereocenters. The highest BCUT2D eigenvalue weighted by Gasteiger charge is 2.54. The van der Waals surface area contributed by atoms with Crippen LogP contribution >= 0.6 is 0 Å². The van der Waals surface area contributed by atoms with Gasteiger partial charge in [0.25, 0.3) is 0 Å². The number of ether oxygens (including phenoxy) is 1. The molecule has 31 heavy (non-hydrogen) atoms. The summed E-state index contributed by atoms with van der Waals surface area (Å²) in [6.07, 6.45) is 0. The summed E-state index contributed by atoms with van der Waals surface area (Å²) in [6.45, 7) is 0. The van der Waals surface area contributed by atoms with Crippen LogP contribution in [0.2, 0.25) is 0 Å². The summed E-state index contributed by atoms with van der Waals surface area (Å²) in [5, 5.41) is 0. The summed E-state index contributed by atoms with van der Waals surface area (Å²) >= 11 is 0. The maximum Gasteiger partial charge on any atom is 0.340 e. The van der Waals surface area contributed by atoms with Gasteiger partial charge in [-0.3, -0.25) is 0 Å². The van der Waals surface area contributed by atoms with Gasteiger partial charge >= 0.3 is 5.97 Å². The third-order valence-corrected chi connectivity index (χ3v) is 6.42. The van der Waals surface area contributed by atoms with Crippen LogP contribution in [-0.2, 0) is 10.3 Å². The van der Waals surface area contributed by atoms with Crippen LogP contribution in [0.3, 0.4) is 0 Å². The zero-order valence-electron chi connectivity index (χ0n) is 18.9. The molecule has 1 spiro atoms. The largest absolute Gasteiger partial charge is 0.441 e. The molecule has 0 bridgehead atoms. The van der Waals surface area contributed by atoms with Gasteiger partial charge in [0, 0.05) is 64.7 Å². The minimum absolute atomic E-state index is 0.275. The zero-order valence-corrected chi connectivity index (χ0v) is 18.9. The first-order valence-corrected chi connectivity index (χ1v) is 10.4. The molecule has 5 nitrogen and oxygen atoms in total. The van der Waals surface area contributed by atoms with Crippen molar-refractivity contribution in [3.63, 3.8) is 0 Å². The smallest absolute Gasteiger partial charge is 0.340 e. The van der Waals surface area contributed by atoms with Crippen LogP contribution in [0.5, 0.6) is 0 Å². The van der Waals surface area contributed by atoms with Gasteiger partial charge in [0.05, 0.1) is 16.9 Å². The number of benzene rings is 3. The first kappa shape index (κ1) is 19.5. The van der Waals surface area contributed by atoms with E-state index in [-0.39, 0.29) is 5.97 Å². The Balaban J connectivity index is 1.86. The SMILES string of the molecule is CN(C)c1ccc2c(c1)-c1ccccc1C21OC(=O)c2cc(N(C)C)c(N(C)C)cc21. The second-order valence-electron chi connectivity index (χ2n) is 8.92. The molecule has 1 aliphatic heterocycles. The fourth-order valence-electron chi connectivity index (χ4n) is 4.91. The lowest BCUT2D eigenvalue weighted by molar-refractivity contribution is 0.0264. The lowest BCUT2D eigenvalue weighted by atomic mass is 9.83. The van der Waals surface area contributed by atoms with Crippen LogP contribution in [-0.4, -0.2) is 48.3 Å². The Kier molecular flexibility index (Phi) is 4.09. The number of fused-ring (bicyclic) bond motifs is 7. The molecular formula is C26H27N3O2. The lowest BCUT2D eigenvalue weighted by Gasteiger charge is -2.29. The molecule has 0 N–H and O–H groups in total. The third-order valence-electron chi connectivity index (χ3n) is 6.42. The molecule has 1 atom stereocenters. The molecule has 0 saturated heterocycles. The molecule has 158 valence electrons. The minimum Gasteiger partial charge on any atom is -0.441 e. The first-order valence-electron chi connectivity index (χ1n) is 10.4. The number of carbonyl (C=O) groups is 1. The average molecular weight is 414 g/mol. The number of rotatable bonds is 3. The van der Waals surface area contributed by atoms with Gasteiger partial charge in [0.1, 0.15) is 0 Å². The molecule has 0 aromatic heterocycles. The van der Waals surface area contributed by atoms with Crippen LogP contribution in [0.4, 0.5) is 17.1 Å². The van der Waals surface area contributed by atoms with Crippen molar-refractivity contribution in [2.75, 3.05) is 57.0 Å². The Morgan fingerprint density at radius 1 is 0.645 bits per heavy atom. The van der Waals surface area contributed by atoms with E-state index in [0.717, 1.165) is 44.9 Å². The highest BCUT2D eigenvalue weighted by Crippen LogP contribution is 2.58. The van der Waals surface area contributed by atoms with Crippen molar-refractivity contribution in [3.8, 4) is 11.1 Å². The van der Waals surface area contributed by atoms with Gasteiger partial charge in [-0.1, -0.05) is 30.3 Å². The summed E-state index contributed by atoms with van der Waals surface area (Å²) in [7, 11) is 12.1. The number of nitrogens with zero attached hydrogens (tertiary/aromatic N) is 3. The molecule has 3 aromatic rings. The number of esters is 1. The molecule has 0 radical (unpaired) electrons. The maximum absolute atomic E-state index is 13.2. The van der Waals surface area contributed by atoms with Crippen molar-refractivity contribution in [2.24, 2.45) is 0 Å². The molecule has 0 amide bonds. The Morgan fingerprint density at radius 3 is 1.97 bits per heavy atom. The van der Waals surface area contributed by atoms with E-state index in [2.05, 4.69) is 46.2 Å². The van der Waals surface area contributed by atoms with Gasteiger partial charge in [0.2, 0.25) is 0 Å². The normalized spacial score (nSPS) is 17.8. The maximum atomic E-state index is 13.2. The van der Waals surface area contributed by atoms with E-state index in [1.54, 1.807) is 0 Å². The number of hydrogen-bond donors (Lipinski definition) is 0. The predicted octanol–water partition coefficient (Wildman–Crippen LogP) is 4.33. The van der Waals surface area contributed by atoms with E-state index >= 15 is 0 Å². The Bertz CT molecular complexity index is 1230. The standard InChI is InChI=1S/C26H27N3O2/c1-27(2)16-11-12-21-18(13-16)17-9-7-8-10-20(17)26(21)22-15-24(29(5)6)23(28(3)4)14-19(22)25(30)31-26/h7-15H,1-6H3. The second kappa shape index (κ2) is 6.51. The van der Waals surface area contributed by atoms with E-state index < -0.39 is 5.60 Å². The van der Waals surface area contributed by atoms with Crippen LogP contribution in [0.25, 0.3) is 11.1 Å². The van der Waals surface area contributed by atoms with Gasteiger partial charge in [-0.25, -0.2) is 4.79 Å². The zero-order chi connectivity index (χ0) is 22.1. The van der Waals surface area contributed by atoms with Crippen molar-refractivity contribution >= 4 is 23.0 Å². The third kappa shape index (κ3) is 2.52. The fourth-order valence-corrected chi connectivity index (χ4v) is 4.91. The lowest BCUT2D eigenvalue weighted by Crippen LogP contribution is -2.27. The summed E-state index contributed by atoms with van der Waals surface area (Å²) < 4.78 is 6.31. The predicted molar refractivity (Wildman–Crippen MR) is 127 cm³/mol. The quantitative estimate of drug-likeness (QED) is 0.598. The highest BCUT2D eigenvalue weighted by atomic mass is 16.6. The highest BCUT2D eigenvalue weighted by molar-refractivity contribution is 6.01. The van der Waals surface area contributed by atoms with Crippen LogP contribution < -0.4 is 14.7 Å². The van der Waals surface area contributed by atoms with Gasteiger partial charge in [-0.15, -0.1) is 0 Å². The first-order chi connectivity index (χ1) is 14.8. The van der Waals surface area contributed by atoms with E-state index in [1.165, 1.54) is 0 Å². The molecule has 0 saturated carbocycles. The molecule has 5 heteroatoms. The molecule has 0 fully saturated rings. The van der Waals surface area contributed by atoms with Crippen molar-refractivity contribution < 1.29 is 9.53 Å². The number of hydrogen-bond acceptors (Lipinski definition) is 5. The topological polar surface area (TPSA) is 36.0 Å². The molecular weight excluding hydrogens is 386 g/mol. The number of anilines is 3. The molecule has 1 aliphatic carbocycles. The van der Waals surface area contributed by atoms with E-state index in [9.17, 15) is 4.79 Å². The summed E-state index contributed by atoms with van der Waals surface area (Å²) in [5.74, 6) is -0.275. The van der Waals surface area contributed by atoms with E-state index in [1.807, 2.05) is 65.4 Å². The Morgan fingerprint density at radius 2 is 1.29 bits per heavy atom. The molecule has 2 aliphatic rings. The van der Waals surface area contributed by atoms with Crippen LogP contribution in [0.1, 0.15) is 27.0 Å². The van der Waals surface area contributed by atoms with Gasteiger partial charge in [0.15, 0.2) is 5.60 Å². The average Bonchev–Trinajstić information content (AvgIpc) is 3.19. The van der Waals surface area contributed by atoms with E-state index in [4.69, 9.17) is 4.74 Å². The van der Waals surface area contributed by atoms with Crippen molar-refractivity contribution in [1.82, 2.24) is 0 Å². The molecule has 3 aromatic carbocycles. The molecule has 5 rings (SSSR count). The van der Waals surface area contributed by atoms with Gasteiger partial charge < -0.3 is 19.4 Å².